The number of likely N-dealkylation sites (N-methyl/N-ethyl adjacent to an activating group) is 1. The molecule has 1 atom stereocenters. The number of aliphatic hydroxyl groups is 1. The zero-order valence-corrected chi connectivity index (χ0v) is 10.1. The summed E-state index contributed by atoms with van der Waals surface area (Å²) in [6.07, 6.45) is -0.692. The number of amides is 1. The summed E-state index contributed by atoms with van der Waals surface area (Å²) in [6.45, 7) is -1.34. The van der Waals surface area contributed by atoms with Gasteiger partial charge in [-0.25, -0.2) is 0 Å². The number of para-hydroxylation sites is 1. The highest BCUT2D eigenvalue weighted by Crippen LogP contribution is 2.21. The van der Waals surface area contributed by atoms with E-state index in [2.05, 4.69) is 4.74 Å². The molecule has 0 spiro atoms. The molecule has 0 saturated heterocycles. The summed E-state index contributed by atoms with van der Waals surface area (Å²) < 4.78 is 28.7. The van der Waals surface area contributed by atoms with Gasteiger partial charge in [0.2, 0.25) is 0 Å². The van der Waals surface area contributed by atoms with Gasteiger partial charge in [0.25, 0.3) is 5.91 Å². The van der Waals surface area contributed by atoms with Gasteiger partial charge in [0.1, 0.15) is 5.75 Å². The molecule has 0 aliphatic carbocycles. The Hall–Kier alpha value is -1.69. The van der Waals surface area contributed by atoms with Crippen LogP contribution in [0.3, 0.4) is 0 Å². The Bertz CT molecular complexity index is 410. The van der Waals surface area contributed by atoms with Crippen LogP contribution in [0, 0.1) is 0 Å². The first-order valence-corrected chi connectivity index (χ1v) is 5.39. The average molecular weight is 259 g/mol. The van der Waals surface area contributed by atoms with E-state index in [1.54, 1.807) is 6.07 Å². The first-order valence-electron chi connectivity index (χ1n) is 5.39. The maximum Gasteiger partial charge on any atom is 0.387 e. The van der Waals surface area contributed by atoms with E-state index in [0.29, 0.717) is 0 Å². The minimum atomic E-state index is -2.99. The molecular formula is C12H15F2NO3. The van der Waals surface area contributed by atoms with Crippen LogP contribution in [0.15, 0.2) is 24.3 Å². The van der Waals surface area contributed by atoms with Crippen molar-refractivity contribution in [3.8, 4) is 5.75 Å². The van der Waals surface area contributed by atoms with Gasteiger partial charge in [0.15, 0.2) is 0 Å². The number of halogens is 2. The summed E-state index contributed by atoms with van der Waals surface area (Å²) in [5, 5.41) is 9.19. The number of ether oxygens (including phenoxy) is 1. The van der Waals surface area contributed by atoms with Crippen molar-refractivity contribution in [2.45, 2.75) is 19.6 Å². The van der Waals surface area contributed by atoms with Crippen molar-refractivity contribution in [3.63, 3.8) is 0 Å². The molecule has 1 aromatic rings. The Kier molecular flexibility index (Phi) is 5.03. The predicted molar refractivity (Wildman–Crippen MR) is 61.7 cm³/mol. The van der Waals surface area contributed by atoms with Gasteiger partial charge in [0, 0.05) is 13.6 Å². The second-order valence-electron chi connectivity index (χ2n) is 3.91. The Morgan fingerprint density at radius 3 is 2.61 bits per heavy atom. The van der Waals surface area contributed by atoms with Crippen LogP contribution in [-0.2, 0) is 0 Å². The van der Waals surface area contributed by atoms with Crippen molar-refractivity contribution in [2.75, 3.05) is 13.6 Å². The van der Waals surface area contributed by atoms with Crippen molar-refractivity contribution in [1.29, 1.82) is 0 Å². The van der Waals surface area contributed by atoms with E-state index in [0.717, 1.165) is 0 Å². The number of hydrogen-bond acceptors (Lipinski definition) is 3. The Morgan fingerprint density at radius 2 is 2.06 bits per heavy atom. The zero-order chi connectivity index (χ0) is 13.7. The number of alkyl halides is 2. The van der Waals surface area contributed by atoms with Crippen LogP contribution >= 0.6 is 0 Å². The van der Waals surface area contributed by atoms with Gasteiger partial charge < -0.3 is 14.7 Å². The molecule has 1 amide bonds. The number of nitrogens with zero attached hydrogens (tertiary/aromatic N) is 1. The molecule has 1 rings (SSSR count). The lowest BCUT2D eigenvalue weighted by molar-refractivity contribution is -0.0503. The van der Waals surface area contributed by atoms with Crippen LogP contribution in [-0.4, -0.2) is 42.2 Å². The summed E-state index contributed by atoms with van der Waals surface area (Å²) in [4.78, 5) is 13.2. The van der Waals surface area contributed by atoms with Crippen molar-refractivity contribution in [2.24, 2.45) is 0 Å². The monoisotopic (exact) mass is 259 g/mol. The highest BCUT2D eigenvalue weighted by Gasteiger charge is 2.19. The van der Waals surface area contributed by atoms with Gasteiger partial charge >= 0.3 is 6.61 Å². The van der Waals surface area contributed by atoms with E-state index in [-0.39, 0.29) is 17.9 Å². The van der Waals surface area contributed by atoms with Crippen molar-refractivity contribution >= 4 is 5.91 Å². The average Bonchev–Trinajstić information content (AvgIpc) is 2.27. The third-order valence-corrected chi connectivity index (χ3v) is 2.22. The predicted octanol–water partition coefficient (Wildman–Crippen LogP) is 1.74. The lowest BCUT2D eigenvalue weighted by Gasteiger charge is -2.20. The van der Waals surface area contributed by atoms with Gasteiger partial charge in [-0.05, 0) is 19.1 Å². The fourth-order valence-corrected chi connectivity index (χ4v) is 1.53. The SMILES string of the molecule is CC(O)CN(C)C(=O)c1ccccc1OC(F)F. The van der Waals surface area contributed by atoms with E-state index in [4.69, 9.17) is 0 Å². The molecule has 0 radical (unpaired) electrons. The van der Waals surface area contributed by atoms with Crippen molar-refractivity contribution in [3.05, 3.63) is 29.8 Å². The number of rotatable bonds is 5. The molecule has 4 nitrogen and oxygen atoms in total. The molecule has 0 aliphatic rings. The third kappa shape index (κ3) is 3.96. The quantitative estimate of drug-likeness (QED) is 0.876. The van der Waals surface area contributed by atoms with Gasteiger partial charge in [-0.15, -0.1) is 0 Å². The van der Waals surface area contributed by atoms with Crippen LogP contribution in [0.2, 0.25) is 0 Å². The van der Waals surface area contributed by atoms with Crippen molar-refractivity contribution < 1.29 is 23.4 Å². The smallest absolute Gasteiger partial charge is 0.387 e. The molecule has 1 unspecified atom stereocenters. The van der Waals surface area contributed by atoms with E-state index < -0.39 is 18.6 Å². The van der Waals surface area contributed by atoms with Gasteiger partial charge in [0.05, 0.1) is 11.7 Å². The summed E-state index contributed by atoms with van der Waals surface area (Å²) in [7, 11) is 1.48. The fourth-order valence-electron chi connectivity index (χ4n) is 1.53. The number of benzene rings is 1. The second kappa shape index (κ2) is 6.30. The highest BCUT2D eigenvalue weighted by molar-refractivity contribution is 5.96. The summed E-state index contributed by atoms with van der Waals surface area (Å²) in [5.41, 5.74) is 0.0425. The van der Waals surface area contributed by atoms with Crippen LogP contribution in [0.4, 0.5) is 8.78 Å². The number of carbonyl (C=O) groups excluding carboxylic acids is 1. The third-order valence-electron chi connectivity index (χ3n) is 2.22. The molecule has 0 aromatic heterocycles. The maximum absolute atomic E-state index is 12.2. The molecule has 18 heavy (non-hydrogen) atoms. The van der Waals surface area contributed by atoms with E-state index in [1.165, 1.54) is 37.1 Å². The standard InChI is InChI=1S/C12H15F2NO3/c1-8(16)7-15(2)11(17)9-5-3-4-6-10(9)18-12(13)14/h3-6,8,12,16H,7H2,1-2H3. The van der Waals surface area contributed by atoms with Crippen LogP contribution < -0.4 is 4.74 Å². The lowest BCUT2D eigenvalue weighted by atomic mass is 10.1. The lowest BCUT2D eigenvalue weighted by Crippen LogP contribution is -2.33. The maximum atomic E-state index is 12.2. The minimum absolute atomic E-state index is 0.0425. The normalized spacial score (nSPS) is 12.3. The van der Waals surface area contributed by atoms with E-state index >= 15 is 0 Å². The van der Waals surface area contributed by atoms with Crippen molar-refractivity contribution in [1.82, 2.24) is 4.90 Å². The van der Waals surface area contributed by atoms with Gasteiger partial charge in [-0.2, -0.15) is 8.78 Å². The molecule has 6 heteroatoms. The Morgan fingerprint density at radius 1 is 1.44 bits per heavy atom. The topological polar surface area (TPSA) is 49.8 Å². The number of hydrogen-bond donors (Lipinski definition) is 1. The molecule has 0 aliphatic heterocycles. The largest absolute Gasteiger partial charge is 0.434 e. The number of aliphatic hydroxyl groups excluding tert-OH is 1. The number of carbonyl (C=O) groups is 1. The molecular weight excluding hydrogens is 244 g/mol. The van der Waals surface area contributed by atoms with Crippen LogP contribution in [0.1, 0.15) is 17.3 Å². The molecule has 1 aromatic carbocycles. The molecule has 0 saturated carbocycles. The Balaban J connectivity index is 2.91. The van der Waals surface area contributed by atoms with Crippen LogP contribution in [0.5, 0.6) is 5.75 Å². The van der Waals surface area contributed by atoms with Gasteiger partial charge in [-0.3, -0.25) is 4.79 Å². The molecule has 100 valence electrons. The molecule has 0 fully saturated rings. The first-order chi connectivity index (χ1) is 8.41. The summed E-state index contributed by atoms with van der Waals surface area (Å²) >= 11 is 0. The first kappa shape index (κ1) is 14.4. The Labute approximate surface area is 104 Å². The molecule has 0 bridgehead atoms. The highest BCUT2D eigenvalue weighted by atomic mass is 19.3. The fraction of sp³-hybridized carbons (Fsp3) is 0.417. The summed E-state index contributed by atoms with van der Waals surface area (Å²) in [6, 6.07) is 5.76. The summed E-state index contributed by atoms with van der Waals surface area (Å²) in [5.74, 6) is -0.651. The molecule has 1 N–H and O–H groups in total. The zero-order valence-electron chi connectivity index (χ0n) is 10.1. The molecule has 0 heterocycles. The van der Waals surface area contributed by atoms with E-state index in [1.807, 2.05) is 0 Å². The minimum Gasteiger partial charge on any atom is -0.434 e. The van der Waals surface area contributed by atoms with Crippen LogP contribution in [0.25, 0.3) is 0 Å². The van der Waals surface area contributed by atoms with E-state index in [9.17, 15) is 18.7 Å². The second-order valence-corrected chi connectivity index (χ2v) is 3.91. The van der Waals surface area contributed by atoms with Gasteiger partial charge in [-0.1, -0.05) is 12.1 Å².